The Bertz CT molecular complexity index is 780. The summed E-state index contributed by atoms with van der Waals surface area (Å²) in [5.74, 6) is 0.453. The lowest BCUT2D eigenvalue weighted by Gasteiger charge is -2.10. The first-order valence-corrected chi connectivity index (χ1v) is 7.90. The minimum Gasteiger partial charge on any atom is -0.350 e. The van der Waals surface area contributed by atoms with Crippen molar-refractivity contribution in [1.29, 1.82) is 0 Å². The highest BCUT2D eigenvalue weighted by atomic mass is 32.1. The summed E-state index contributed by atoms with van der Waals surface area (Å²) in [6, 6.07) is 1.77. The van der Waals surface area contributed by atoms with Crippen LogP contribution < -0.4 is 5.32 Å². The topological polar surface area (TPSA) is 85.1 Å². The molecule has 0 atom stereocenters. The Morgan fingerprint density at radius 2 is 2.27 bits per heavy atom. The van der Waals surface area contributed by atoms with Crippen LogP contribution in [0, 0.1) is 0 Å². The molecule has 0 fully saturated rings. The first kappa shape index (κ1) is 14.6. The number of nitrogens with one attached hydrogen (secondary N) is 1. The van der Waals surface area contributed by atoms with E-state index in [-0.39, 0.29) is 11.8 Å². The fourth-order valence-electron chi connectivity index (χ4n) is 2.11. The molecule has 0 aromatic carbocycles. The molecule has 3 aromatic heterocycles. The van der Waals surface area contributed by atoms with Gasteiger partial charge in [-0.1, -0.05) is 13.8 Å². The van der Waals surface area contributed by atoms with Crippen LogP contribution in [0.15, 0.2) is 24.0 Å². The Kier molecular flexibility index (Phi) is 4.10. The van der Waals surface area contributed by atoms with E-state index in [1.807, 2.05) is 19.2 Å². The molecule has 0 spiro atoms. The van der Waals surface area contributed by atoms with Crippen molar-refractivity contribution in [2.45, 2.75) is 26.2 Å². The van der Waals surface area contributed by atoms with Crippen molar-refractivity contribution in [3.63, 3.8) is 0 Å². The minimum atomic E-state index is -0.205. The average molecular weight is 316 g/mol. The van der Waals surface area contributed by atoms with E-state index < -0.39 is 0 Å². The van der Waals surface area contributed by atoms with Gasteiger partial charge in [-0.3, -0.25) is 4.79 Å². The Balaban J connectivity index is 1.75. The smallest absolute Gasteiger partial charge is 0.270 e. The summed E-state index contributed by atoms with van der Waals surface area (Å²) < 4.78 is 1.66. The van der Waals surface area contributed by atoms with E-state index in [0.29, 0.717) is 24.4 Å². The fraction of sp³-hybridized carbons (Fsp3) is 0.357. The summed E-state index contributed by atoms with van der Waals surface area (Å²) in [4.78, 5) is 24.8. The largest absolute Gasteiger partial charge is 0.350 e. The van der Waals surface area contributed by atoms with Gasteiger partial charge in [-0.25, -0.2) is 14.5 Å². The third kappa shape index (κ3) is 2.96. The van der Waals surface area contributed by atoms with Crippen LogP contribution in [0.4, 0.5) is 0 Å². The molecule has 0 saturated heterocycles. The third-order valence-electron chi connectivity index (χ3n) is 3.21. The molecule has 0 aliphatic carbocycles. The van der Waals surface area contributed by atoms with E-state index in [1.54, 1.807) is 28.1 Å². The summed E-state index contributed by atoms with van der Waals surface area (Å²) in [5.41, 5.74) is 1.27. The second-order valence-electron chi connectivity index (χ2n) is 5.12. The number of carbonyl (C=O) groups excluding carboxylic acids is 1. The quantitative estimate of drug-likeness (QED) is 0.774. The summed E-state index contributed by atoms with van der Waals surface area (Å²) in [5, 5.41) is 9.94. The number of aromatic nitrogens is 5. The van der Waals surface area contributed by atoms with Crippen LogP contribution in [0.25, 0.3) is 5.78 Å². The lowest BCUT2D eigenvalue weighted by molar-refractivity contribution is 0.0949. The molecule has 7 nitrogen and oxygen atoms in total. The SMILES string of the molecule is CC(C)c1cc(C(=O)NCCc2nccs2)nc2ncnn12. The zero-order chi connectivity index (χ0) is 15.5. The maximum absolute atomic E-state index is 12.3. The van der Waals surface area contributed by atoms with Crippen LogP contribution in [0.5, 0.6) is 0 Å². The molecule has 114 valence electrons. The molecule has 0 radical (unpaired) electrons. The highest BCUT2D eigenvalue weighted by Crippen LogP contribution is 2.15. The number of rotatable bonds is 5. The van der Waals surface area contributed by atoms with Crippen LogP contribution in [-0.2, 0) is 6.42 Å². The van der Waals surface area contributed by atoms with E-state index in [4.69, 9.17) is 0 Å². The minimum absolute atomic E-state index is 0.205. The first-order valence-electron chi connectivity index (χ1n) is 7.02. The maximum Gasteiger partial charge on any atom is 0.270 e. The molecule has 8 heteroatoms. The number of hydrogen-bond acceptors (Lipinski definition) is 6. The highest BCUT2D eigenvalue weighted by Gasteiger charge is 2.15. The molecule has 0 unspecified atom stereocenters. The van der Waals surface area contributed by atoms with Crippen LogP contribution in [-0.4, -0.2) is 37.0 Å². The number of thiazole rings is 1. The van der Waals surface area contributed by atoms with Crippen molar-refractivity contribution >= 4 is 23.0 Å². The summed E-state index contributed by atoms with van der Waals surface area (Å²) in [7, 11) is 0. The molecular formula is C14H16N6OS. The Hall–Kier alpha value is -2.35. The number of amides is 1. The summed E-state index contributed by atoms with van der Waals surface area (Å²) in [6.45, 7) is 4.62. The fourth-order valence-corrected chi connectivity index (χ4v) is 2.73. The van der Waals surface area contributed by atoms with Gasteiger partial charge in [-0.15, -0.1) is 11.3 Å². The molecule has 22 heavy (non-hydrogen) atoms. The summed E-state index contributed by atoms with van der Waals surface area (Å²) >= 11 is 1.58. The van der Waals surface area contributed by atoms with Crippen molar-refractivity contribution in [3.8, 4) is 0 Å². The third-order valence-corrected chi connectivity index (χ3v) is 4.05. The van der Waals surface area contributed by atoms with Gasteiger partial charge in [-0.05, 0) is 12.0 Å². The molecule has 0 saturated carbocycles. The predicted octanol–water partition coefficient (Wildman–Crippen LogP) is 1.68. The van der Waals surface area contributed by atoms with Gasteiger partial charge in [0.05, 0.1) is 10.7 Å². The highest BCUT2D eigenvalue weighted by molar-refractivity contribution is 7.09. The van der Waals surface area contributed by atoms with Gasteiger partial charge >= 0.3 is 0 Å². The normalized spacial score (nSPS) is 11.2. The Morgan fingerprint density at radius 3 is 3.00 bits per heavy atom. The zero-order valence-corrected chi connectivity index (χ0v) is 13.2. The van der Waals surface area contributed by atoms with E-state index >= 15 is 0 Å². The molecule has 1 amide bonds. The van der Waals surface area contributed by atoms with Crippen LogP contribution in [0.3, 0.4) is 0 Å². The molecule has 0 bridgehead atoms. The standard InChI is InChI=1S/C14H16N6OS/c1-9(2)11-7-10(19-14-17-8-18-20(11)14)13(21)16-4-3-12-15-5-6-22-12/h5-9H,3-4H2,1-2H3,(H,16,21). The van der Waals surface area contributed by atoms with Gasteiger partial charge in [0, 0.05) is 24.5 Å². The van der Waals surface area contributed by atoms with Gasteiger partial charge in [-0.2, -0.15) is 10.1 Å². The molecule has 0 aliphatic rings. The Labute approximate surface area is 131 Å². The predicted molar refractivity (Wildman–Crippen MR) is 83.0 cm³/mol. The van der Waals surface area contributed by atoms with E-state index in [2.05, 4.69) is 25.4 Å². The zero-order valence-electron chi connectivity index (χ0n) is 12.4. The van der Waals surface area contributed by atoms with Crippen LogP contribution >= 0.6 is 11.3 Å². The van der Waals surface area contributed by atoms with E-state index in [1.165, 1.54) is 6.33 Å². The summed E-state index contributed by atoms with van der Waals surface area (Å²) in [6.07, 6.45) is 3.92. The van der Waals surface area contributed by atoms with Gasteiger partial charge in [0.2, 0.25) is 0 Å². The van der Waals surface area contributed by atoms with Gasteiger partial charge < -0.3 is 5.32 Å². The first-order chi connectivity index (χ1) is 10.6. The van der Waals surface area contributed by atoms with E-state index in [9.17, 15) is 4.79 Å². The number of nitrogens with zero attached hydrogens (tertiary/aromatic N) is 5. The van der Waals surface area contributed by atoms with Crippen LogP contribution in [0.2, 0.25) is 0 Å². The van der Waals surface area contributed by atoms with Gasteiger partial charge in [0.25, 0.3) is 11.7 Å². The number of fused-ring (bicyclic) bond motifs is 1. The van der Waals surface area contributed by atoms with Crippen molar-refractivity contribution < 1.29 is 4.79 Å². The van der Waals surface area contributed by atoms with Crippen molar-refractivity contribution in [2.24, 2.45) is 0 Å². The van der Waals surface area contributed by atoms with Crippen molar-refractivity contribution in [1.82, 2.24) is 29.9 Å². The lowest BCUT2D eigenvalue weighted by atomic mass is 10.1. The second-order valence-corrected chi connectivity index (χ2v) is 6.10. The monoisotopic (exact) mass is 316 g/mol. The molecule has 3 aromatic rings. The molecule has 3 rings (SSSR count). The average Bonchev–Trinajstić information content (AvgIpc) is 3.16. The lowest BCUT2D eigenvalue weighted by Crippen LogP contribution is -2.27. The number of hydrogen-bond donors (Lipinski definition) is 1. The molecule has 0 aliphatic heterocycles. The number of carbonyl (C=O) groups is 1. The second kappa shape index (κ2) is 6.18. The maximum atomic E-state index is 12.3. The van der Waals surface area contributed by atoms with Gasteiger partial charge in [0.1, 0.15) is 12.0 Å². The molecule has 1 N–H and O–H groups in total. The molecule has 3 heterocycles. The molecular weight excluding hydrogens is 300 g/mol. The van der Waals surface area contributed by atoms with Crippen LogP contribution in [0.1, 0.15) is 41.0 Å². The van der Waals surface area contributed by atoms with Gasteiger partial charge in [0.15, 0.2) is 0 Å². The Morgan fingerprint density at radius 1 is 1.41 bits per heavy atom. The van der Waals surface area contributed by atoms with E-state index in [0.717, 1.165) is 10.7 Å². The van der Waals surface area contributed by atoms with Crippen molar-refractivity contribution in [3.05, 3.63) is 40.4 Å². The van der Waals surface area contributed by atoms with Crippen molar-refractivity contribution in [2.75, 3.05) is 6.54 Å².